The van der Waals surface area contributed by atoms with Crippen LogP contribution >= 0.6 is 0 Å². The maximum atomic E-state index is 12.4. The first-order valence-corrected chi connectivity index (χ1v) is 9.12. The van der Waals surface area contributed by atoms with E-state index >= 15 is 0 Å². The smallest absolute Gasteiger partial charge is 0.278 e. The number of aromatic nitrogens is 2. The van der Waals surface area contributed by atoms with Gasteiger partial charge in [0.2, 0.25) is 5.91 Å². The van der Waals surface area contributed by atoms with E-state index in [1.807, 2.05) is 24.3 Å². The van der Waals surface area contributed by atoms with Crippen molar-refractivity contribution < 1.29 is 19.0 Å². The molecule has 2 aromatic rings. The summed E-state index contributed by atoms with van der Waals surface area (Å²) in [4.78, 5) is 20.6. The molecule has 1 aliphatic carbocycles. The van der Waals surface area contributed by atoms with E-state index in [4.69, 9.17) is 14.2 Å². The molecule has 1 aromatic heterocycles. The highest BCUT2D eigenvalue weighted by molar-refractivity contribution is 5.79. The second kappa shape index (κ2) is 9.21. The third kappa shape index (κ3) is 5.09. The van der Waals surface area contributed by atoms with Crippen LogP contribution < -0.4 is 19.5 Å². The molecule has 3 rings (SSSR count). The maximum Gasteiger partial charge on any atom is 0.278 e. The summed E-state index contributed by atoms with van der Waals surface area (Å²) in [5, 5.41) is 3.12. The molecule has 0 atom stereocenters. The van der Waals surface area contributed by atoms with Gasteiger partial charge in [0.15, 0.2) is 0 Å². The van der Waals surface area contributed by atoms with Crippen LogP contribution in [0.1, 0.15) is 31.2 Å². The fourth-order valence-electron chi connectivity index (χ4n) is 3.32. The molecule has 1 aliphatic rings. The molecular formula is C20H25N3O4. The Morgan fingerprint density at radius 1 is 1.04 bits per heavy atom. The molecule has 1 amide bonds. The molecule has 1 fully saturated rings. The van der Waals surface area contributed by atoms with E-state index < -0.39 is 0 Å². The van der Waals surface area contributed by atoms with E-state index in [1.165, 1.54) is 0 Å². The molecule has 27 heavy (non-hydrogen) atoms. The van der Waals surface area contributed by atoms with Gasteiger partial charge in [0.1, 0.15) is 11.9 Å². The number of para-hydroxylation sites is 1. The van der Waals surface area contributed by atoms with Gasteiger partial charge in [0, 0.05) is 24.0 Å². The zero-order chi connectivity index (χ0) is 19.1. The highest BCUT2D eigenvalue weighted by atomic mass is 16.5. The number of methoxy groups -OCH3 is 2. The van der Waals surface area contributed by atoms with Gasteiger partial charge in [-0.25, -0.2) is 9.97 Å². The fourth-order valence-corrected chi connectivity index (χ4v) is 3.32. The van der Waals surface area contributed by atoms with Gasteiger partial charge < -0.3 is 19.5 Å². The first-order chi connectivity index (χ1) is 13.2. The van der Waals surface area contributed by atoms with Crippen molar-refractivity contribution in [2.75, 3.05) is 14.2 Å². The summed E-state index contributed by atoms with van der Waals surface area (Å²) in [5.74, 6) is 1.57. The van der Waals surface area contributed by atoms with Crippen LogP contribution in [0.25, 0.3) is 0 Å². The number of hydrogen-bond acceptors (Lipinski definition) is 6. The van der Waals surface area contributed by atoms with Crippen molar-refractivity contribution in [2.45, 2.75) is 44.2 Å². The average molecular weight is 371 g/mol. The van der Waals surface area contributed by atoms with Gasteiger partial charge in [-0.2, -0.15) is 0 Å². The fraction of sp³-hybridized carbons (Fsp3) is 0.450. The van der Waals surface area contributed by atoms with Crippen LogP contribution in [0.5, 0.6) is 17.5 Å². The van der Waals surface area contributed by atoms with Crippen LogP contribution in [0.4, 0.5) is 0 Å². The van der Waals surface area contributed by atoms with E-state index in [0.717, 1.165) is 37.0 Å². The van der Waals surface area contributed by atoms with Crippen LogP contribution in [0.15, 0.2) is 36.7 Å². The predicted molar refractivity (Wildman–Crippen MR) is 100 cm³/mol. The lowest BCUT2D eigenvalue weighted by molar-refractivity contribution is -0.121. The number of hydrogen-bond donors (Lipinski definition) is 1. The molecular weight excluding hydrogens is 346 g/mol. The van der Waals surface area contributed by atoms with Gasteiger partial charge in [-0.15, -0.1) is 0 Å². The Balaban J connectivity index is 1.47. The van der Waals surface area contributed by atoms with Crippen molar-refractivity contribution in [3.8, 4) is 17.5 Å². The van der Waals surface area contributed by atoms with Crippen molar-refractivity contribution in [3.63, 3.8) is 0 Å². The lowest BCUT2D eigenvalue weighted by Crippen LogP contribution is -2.40. The largest absolute Gasteiger partial charge is 0.496 e. The molecule has 1 aromatic carbocycles. The first-order valence-electron chi connectivity index (χ1n) is 9.12. The number of carbonyl (C=O) groups is 1. The minimum absolute atomic E-state index is 0.0134. The van der Waals surface area contributed by atoms with Crippen LogP contribution in [0, 0.1) is 0 Å². The van der Waals surface area contributed by atoms with Crippen molar-refractivity contribution in [3.05, 3.63) is 42.2 Å². The van der Waals surface area contributed by atoms with E-state index in [1.54, 1.807) is 26.6 Å². The molecule has 144 valence electrons. The number of nitrogens with zero attached hydrogens (tertiary/aromatic N) is 2. The summed E-state index contributed by atoms with van der Waals surface area (Å²) in [6.07, 6.45) is 6.95. The summed E-state index contributed by atoms with van der Waals surface area (Å²) in [7, 11) is 3.16. The number of amides is 1. The third-order valence-electron chi connectivity index (χ3n) is 4.69. The van der Waals surface area contributed by atoms with Gasteiger partial charge in [-0.1, -0.05) is 18.2 Å². The van der Waals surface area contributed by atoms with E-state index in [-0.39, 0.29) is 18.1 Å². The minimum atomic E-state index is 0.0134. The molecule has 1 saturated carbocycles. The lowest BCUT2D eigenvalue weighted by Gasteiger charge is -2.29. The SMILES string of the molecule is COc1ccccc1CC(=O)NC1CCC(Oc2nccnc2OC)CC1. The molecule has 1 heterocycles. The summed E-state index contributed by atoms with van der Waals surface area (Å²) in [6.45, 7) is 0. The minimum Gasteiger partial charge on any atom is -0.496 e. The normalized spacial score (nSPS) is 19.2. The zero-order valence-electron chi connectivity index (χ0n) is 15.7. The number of nitrogens with one attached hydrogen (secondary N) is 1. The second-order valence-corrected chi connectivity index (χ2v) is 6.52. The van der Waals surface area contributed by atoms with Crippen LogP contribution in [-0.4, -0.2) is 42.2 Å². The summed E-state index contributed by atoms with van der Waals surface area (Å²) in [6, 6.07) is 7.75. The predicted octanol–water partition coefficient (Wildman–Crippen LogP) is 2.54. The van der Waals surface area contributed by atoms with E-state index in [2.05, 4.69) is 15.3 Å². The van der Waals surface area contributed by atoms with Gasteiger partial charge in [-0.3, -0.25) is 4.79 Å². The zero-order valence-corrected chi connectivity index (χ0v) is 15.7. The summed E-state index contributed by atoms with van der Waals surface area (Å²) < 4.78 is 16.4. The second-order valence-electron chi connectivity index (χ2n) is 6.52. The van der Waals surface area contributed by atoms with Crippen LogP contribution in [-0.2, 0) is 11.2 Å². The van der Waals surface area contributed by atoms with Crippen molar-refractivity contribution in [1.82, 2.24) is 15.3 Å². The molecule has 0 bridgehead atoms. The first kappa shape index (κ1) is 18.9. The molecule has 7 heteroatoms. The molecule has 0 unspecified atom stereocenters. The van der Waals surface area contributed by atoms with Crippen molar-refractivity contribution in [1.29, 1.82) is 0 Å². The number of carbonyl (C=O) groups excluding carboxylic acids is 1. The Kier molecular flexibility index (Phi) is 6.46. The van der Waals surface area contributed by atoms with Gasteiger partial charge in [0.25, 0.3) is 11.8 Å². The molecule has 1 N–H and O–H groups in total. The topological polar surface area (TPSA) is 82.6 Å². The highest BCUT2D eigenvalue weighted by Crippen LogP contribution is 2.27. The number of rotatable bonds is 7. The Morgan fingerprint density at radius 2 is 1.74 bits per heavy atom. The molecule has 0 aliphatic heterocycles. The Labute approximate surface area is 159 Å². The number of benzene rings is 1. The number of ether oxygens (including phenoxy) is 3. The molecule has 0 spiro atoms. The lowest BCUT2D eigenvalue weighted by atomic mass is 9.92. The van der Waals surface area contributed by atoms with Crippen LogP contribution in [0.2, 0.25) is 0 Å². The van der Waals surface area contributed by atoms with Crippen molar-refractivity contribution in [2.24, 2.45) is 0 Å². The van der Waals surface area contributed by atoms with Crippen LogP contribution in [0.3, 0.4) is 0 Å². The Morgan fingerprint density at radius 3 is 2.44 bits per heavy atom. The summed E-state index contributed by atoms with van der Waals surface area (Å²) >= 11 is 0. The van der Waals surface area contributed by atoms with Crippen molar-refractivity contribution >= 4 is 5.91 Å². The van der Waals surface area contributed by atoms with Gasteiger partial charge >= 0.3 is 0 Å². The van der Waals surface area contributed by atoms with E-state index in [0.29, 0.717) is 18.2 Å². The third-order valence-corrected chi connectivity index (χ3v) is 4.69. The molecule has 0 saturated heterocycles. The quantitative estimate of drug-likeness (QED) is 0.805. The standard InChI is InChI=1S/C20H25N3O4/c1-25-17-6-4-3-5-14(17)13-18(24)23-15-7-9-16(10-8-15)27-20-19(26-2)21-11-12-22-20/h3-6,11-12,15-16H,7-10,13H2,1-2H3,(H,23,24). The van der Waals surface area contributed by atoms with Gasteiger partial charge in [-0.05, 0) is 31.7 Å². The summed E-state index contributed by atoms with van der Waals surface area (Å²) in [5.41, 5.74) is 0.893. The molecule has 7 nitrogen and oxygen atoms in total. The average Bonchev–Trinajstić information content (AvgIpc) is 2.70. The van der Waals surface area contributed by atoms with E-state index in [9.17, 15) is 4.79 Å². The van der Waals surface area contributed by atoms with Gasteiger partial charge in [0.05, 0.1) is 20.6 Å². The maximum absolute atomic E-state index is 12.4. The highest BCUT2D eigenvalue weighted by Gasteiger charge is 2.25. The molecule has 0 radical (unpaired) electrons. The monoisotopic (exact) mass is 371 g/mol. The Hall–Kier alpha value is -2.83. The Bertz CT molecular complexity index is 760.